The Hall–Kier alpha value is -2.63. The first-order chi connectivity index (χ1) is 11.5. The van der Waals surface area contributed by atoms with Crippen LogP contribution in [0.2, 0.25) is 0 Å². The van der Waals surface area contributed by atoms with E-state index < -0.39 is 0 Å². The molecule has 0 aromatic heterocycles. The van der Waals surface area contributed by atoms with Crippen LogP contribution in [0, 0.1) is 5.82 Å². The number of hydrogen-bond acceptors (Lipinski definition) is 5. The van der Waals surface area contributed by atoms with Crippen molar-refractivity contribution in [2.75, 3.05) is 34.2 Å². The minimum Gasteiger partial charge on any atom is -0.494 e. The van der Waals surface area contributed by atoms with E-state index in [0.29, 0.717) is 47.1 Å². The first-order valence-electron chi connectivity index (χ1n) is 7.44. The third-order valence-electron chi connectivity index (χ3n) is 3.81. The smallest absolute Gasteiger partial charge is 0.203 e. The SMILES string of the molecule is COc1cc(F)c(CCc2cc(OC)c(OC)c(OC)c2)cc1N. The number of benzene rings is 2. The molecule has 0 unspecified atom stereocenters. The van der Waals surface area contributed by atoms with Gasteiger partial charge in [-0.25, -0.2) is 4.39 Å². The van der Waals surface area contributed by atoms with E-state index in [1.165, 1.54) is 13.2 Å². The van der Waals surface area contributed by atoms with Crippen molar-refractivity contribution in [2.45, 2.75) is 12.8 Å². The van der Waals surface area contributed by atoms with Gasteiger partial charge in [0, 0.05) is 6.07 Å². The van der Waals surface area contributed by atoms with Crippen molar-refractivity contribution >= 4 is 5.69 Å². The highest BCUT2D eigenvalue weighted by atomic mass is 19.1. The van der Waals surface area contributed by atoms with Gasteiger partial charge in [-0.1, -0.05) is 0 Å². The minimum atomic E-state index is -0.339. The summed E-state index contributed by atoms with van der Waals surface area (Å²) in [4.78, 5) is 0. The van der Waals surface area contributed by atoms with E-state index in [1.807, 2.05) is 12.1 Å². The second-order valence-electron chi connectivity index (χ2n) is 5.22. The molecule has 0 aliphatic carbocycles. The summed E-state index contributed by atoms with van der Waals surface area (Å²) in [5, 5.41) is 0. The first kappa shape index (κ1) is 17.7. The highest BCUT2D eigenvalue weighted by molar-refractivity contribution is 5.56. The molecular weight excluding hydrogens is 313 g/mol. The molecule has 0 aliphatic heterocycles. The van der Waals surface area contributed by atoms with Crippen LogP contribution in [0.1, 0.15) is 11.1 Å². The molecule has 0 fully saturated rings. The number of halogens is 1. The van der Waals surface area contributed by atoms with Crippen LogP contribution in [0.5, 0.6) is 23.0 Å². The Kier molecular flexibility index (Phi) is 5.73. The first-order valence-corrected chi connectivity index (χ1v) is 7.44. The molecule has 0 atom stereocenters. The molecule has 2 aromatic rings. The monoisotopic (exact) mass is 335 g/mol. The van der Waals surface area contributed by atoms with E-state index >= 15 is 0 Å². The number of nitrogen functional groups attached to an aromatic ring is 1. The van der Waals surface area contributed by atoms with Crippen LogP contribution in [-0.2, 0) is 12.8 Å². The molecule has 0 saturated carbocycles. The number of rotatable bonds is 7. The number of nitrogens with two attached hydrogens (primary N) is 1. The number of anilines is 1. The fraction of sp³-hybridized carbons (Fsp3) is 0.333. The van der Waals surface area contributed by atoms with Crippen molar-refractivity contribution < 1.29 is 23.3 Å². The number of hydrogen-bond donors (Lipinski definition) is 1. The van der Waals surface area contributed by atoms with Crippen molar-refractivity contribution in [2.24, 2.45) is 0 Å². The zero-order valence-electron chi connectivity index (χ0n) is 14.3. The van der Waals surface area contributed by atoms with E-state index in [-0.39, 0.29) is 5.82 Å². The normalized spacial score (nSPS) is 10.4. The Labute approximate surface area is 141 Å². The van der Waals surface area contributed by atoms with E-state index in [1.54, 1.807) is 27.4 Å². The molecule has 0 saturated heterocycles. The number of ether oxygens (including phenoxy) is 4. The molecule has 0 heterocycles. The van der Waals surface area contributed by atoms with Gasteiger partial charge in [-0.2, -0.15) is 0 Å². The van der Waals surface area contributed by atoms with Gasteiger partial charge in [-0.15, -0.1) is 0 Å². The summed E-state index contributed by atoms with van der Waals surface area (Å²) in [7, 11) is 6.13. The topological polar surface area (TPSA) is 62.9 Å². The largest absolute Gasteiger partial charge is 0.494 e. The second-order valence-corrected chi connectivity index (χ2v) is 5.22. The zero-order valence-corrected chi connectivity index (χ0v) is 14.3. The molecule has 6 heteroatoms. The van der Waals surface area contributed by atoms with E-state index in [4.69, 9.17) is 24.7 Å². The molecule has 0 radical (unpaired) electrons. The standard InChI is InChI=1S/C18H22FNO4/c1-21-15-10-13(19)12(9-14(15)20)6-5-11-7-16(22-2)18(24-4)17(8-11)23-3/h7-10H,5-6,20H2,1-4H3. The minimum absolute atomic E-state index is 0.337. The van der Waals surface area contributed by atoms with Crippen molar-refractivity contribution in [1.82, 2.24) is 0 Å². The fourth-order valence-corrected chi connectivity index (χ4v) is 2.55. The summed E-state index contributed by atoms with van der Waals surface area (Å²) >= 11 is 0. The van der Waals surface area contributed by atoms with Crippen molar-refractivity contribution in [3.05, 3.63) is 41.2 Å². The van der Waals surface area contributed by atoms with Crippen LogP contribution in [0.4, 0.5) is 10.1 Å². The van der Waals surface area contributed by atoms with Gasteiger partial charge in [0.15, 0.2) is 11.5 Å². The Morgan fingerprint density at radius 1 is 0.792 bits per heavy atom. The van der Waals surface area contributed by atoms with Crippen molar-refractivity contribution in [3.63, 3.8) is 0 Å². The summed E-state index contributed by atoms with van der Waals surface area (Å²) in [5.74, 6) is 1.67. The molecule has 5 nitrogen and oxygen atoms in total. The van der Waals surface area contributed by atoms with Gasteiger partial charge in [0.2, 0.25) is 5.75 Å². The molecule has 24 heavy (non-hydrogen) atoms. The molecular formula is C18H22FNO4. The lowest BCUT2D eigenvalue weighted by molar-refractivity contribution is 0.324. The quantitative estimate of drug-likeness (QED) is 0.787. The maximum absolute atomic E-state index is 14.1. The van der Waals surface area contributed by atoms with Crippen molar-refractivity contribution in [3.8, 4) is 23.0 Å². The van der Waals surface area contributed by atoms with Crippen molar-refractivity contribution in [1.29, 1.82) is 0 Å². The Morgan fingerprint density at radius 3 is 1.88 bits per heavy atom. The van der Waals surface area contributed by atoms with E-state index in [0.717, 1.165) is 5.56 Å². The van der Waals surface area contributed by atoms with Gasteiger partial charge >= 0.3 is 0 Å². The van der Waals surface area contributed by atoms with Gasteiger partial charge in [0.05, 0.1) is 34.1 Å². The predicted molar refractivity (Wildman–Crippen MR) is 90.9 cm³/mol. The third-order valence-corrected chi connectivity index (χ3v) is 3.81. The van der Waals surface area contributed by atoms with Crippen LogP contribution in [0.25, 0.3) is 0 Å². The summed E-state index contributed by atoms with van der Waals surface area (Å²) < 4.78 is 35.1. The maximum atomic E-state index is 14.1. The summed E-state index contributed by atoms with van der Waals surface area (Å²) in [6.07, 6.45) is 1.08. The summed E-state index contributed by atoms with van der Waals surface area (Å²) in [6.45, 7) is 0. The molecule has 0 amide bonds. The lowest BCUT2D eigenvalue weighted by Crippen LogP contribution is -2.01. The molecule has 0 bridgehead atoms. The van der Waals surface area contributed by atoms with Crippen LogP contribution in [-0.4, -0.2) is 28.4 Å². The fourth-order valence-electron chi connectivity index (χ4n) is 2.55. The molecule has 0 spiro atoms. The lowest BCUT2D eigenvalue weighted by Gasteiger charge is -2.14. The van der Waals surface area contributed by atoms with Crippen LogP contribution in [0.15, 0.2) is 24.3 Å². The Bertz CT molecular complexity index is 693. The zero-order chi connectivity index (χ0) is 17.7. The molecule has 130 valence electrons. The van der Waals surface area contributed by atoms with Gasteiger partial charge in [0.1, 0.15) is 11.6 Å². The van der Waals surface area contributed by atoms with E-state index in [2.05, 4.69) is 0 Å². The van der Waals surface area contributed by atoms with Gasteiger partial charge < -0.3 is 24.7 Å². The maximum Gasteiger partial charge on any atom is 0.203 e. The highest BCUT2D eigenvalue weighted by Gasteiger charge is 2.14. The second kappa shape index (κ2) is 7.77. The molecule has 2 rings (SSSR count). The van der Waals surface area contributed by atoms with Gasteiger partial charge in [-0.3, -0.25) is 0 Å². The summed E-state index contributed by atoms with van der Waals surface area (Å²) in [6, 6.07) is 6.62. The predicted octanol–water partition coefficient (Wildman–Crippen LogP) is 3.23. The van der Waals surface area contributed by atoms with Gasteiger partial charge in [-0.05, 0) is 42.2 Å². The van der Waals surface area contributed by atoms with Gasteiger partial charge in [0.25, 0.3) is 0 Å². The Morgan fingerprint density at radius 2 is 1.38 bits per heavy atom. The number of aryl methyl sites for hydroxylation is 2. The van der Waals surface area contributed by atoms with Crippen LogP contribution in [0.3, 0.4) is 0 Å². The van der Waals surface area contributed by atoms with Crippen LogP contribution < -0.4 is 24.7 Å². The number of methoxy groups -OCH3 is 4. The van der Waals surface area contributed by atoms with Crippen LogP contribution >= 0.6 is 0 Å². The Balaban J connectivity index is 2.25. The molecule has 0 aliphatic rings. The summed E-state index contributed by atoms with van der Waals surface area (Å²) in [5.41, 5.74) is 7.74. The van der Waals surface area contributed by atoms with E-state index in [9.17, 15) is 4.39 Å². The highest BCUT2D eigenvalue weighted by Crippen LogP contribution is 2.38. The third kappa shape index (κ3) is 3.64. The average Bonchev–Trinajstić information content (AvgIpc) is 2.60. The lowest BCUT2D eigenvalue weighted by atomic mass is 10.0. The average molecular weight is 335 g/mol. The molecule has 2 N–H and O–H groups in total. The molecule has 2 aromatic carbocycles.